The average molecular weight is 327 g/mol. The summed E-state index contributed by atoms with van der Waals surface area (Å²) in [6.45, 7) is 12.5. The molecule has 0 N–H and O–H groups in total. The van der Waals surface area contributed by atoms with Gasteiger partial charge in [0.05, 0.1) is 18.9 Å². The van der Waals surface area contributed by atoms with Gasteiger partial charge in [-0.1, -0.05) is 39.9 Å². The second-order valence-electron chi connectivity index (χ2n) is 6.97. The van der Waals surface area contributed by atoms with Crippen LogP contribution in [0, 0.1) is 4.51 Å². The van der Waals surface area contributed by atoms with Crippen molar-refractivity contribution >= 4 is 17.9 Å². The first-order valence-electron chi connectivity index (χ1n) is 8.01. The van der Waals surface area contributed by atoms with Gasteiger partial charge in [-0.25, -0.2) is 0 Å². The second-order valence-corrected chi connectivity index (χ2v) is 7.38. The number of likely N-dealkylation sites (N-methyl/N-ethyl adjacent to an activating group) is 2. The zero-order valence-corrected chi connectivity index (χ0v) is 15.7. The molecule has 0 atom stereocenters. The van der Waals surface area contributed by atoms with Crippen molar-refractivity contribution in [1.82, 2.24) is 4.90 Å². The molecule has 0 spiro atoms. The van der Waals surface area contributed by atoms with E-state index in [0.29, 0.717) is 11.1 Å². The summed E-state index contributed by atoms with van der Waals surface area (Å²) in [4.78, 5) is 16.3. The molecule has 0 bridgehead atoms. The maximum Gasteiger partial charge on any atom is 0.204 e. The largest absolute Gasteiger partial charge is 0.378 e. The fourth-order valence-corrected chi connectivity index (χ4v) is 2.93. The van der Waals surface area contributed by atoms with Gasteiger partial charge in [0.15, 0.2) is 0 Å². The van der Waals surface area contributed by atoms with Gasteiger partial charge in [0.2, 0.25) is 5.43 Å². The molecule has 0 amide bonds. The molecule has 5 heteroatoms. The van der Waals surface area contributed by atoms with Crippen LogP contribution in [-0.2, 0) is 10.2 Å². The smallest absolute Gasteiger partial charge is 0.204 e. The normalized spacial score (nSPS) is 12.3. The predicted octanol–water partition coefficient (Wildman–Crippen LogP) is 2.74. The molecule has 0 unspecified atom stereocenters. The highest BCUT2D eigenvalue weighted by molar-refractivity contribution is 7.71. The van der Waals surface area contributed by atoms with Gasteiger partial charge in [-0.05, 0) is 25.4 Å². The maximum atomic E-state index is 12.0. The van der Waals surface area contributed by atoms with E-state index in [9.17, 15) is 4.79 Å². The fraction of sp³-hybridized carbons (Fsp3) is 0.765. The highest BCUT2D eigenvalue weighted by Gasteiger charge is 2.29. The molecule has 0 saturated heterocycles. The van der Waals surface area contributed by atoms with Gasteiger partial charge in [-0.15, -0.1) is 0 Å². The molecule has 0 aliphatic carbocycles. The zero-order valence-electron chi connectivity index (χ0n) is 14.9. The molecular formula is C17H30N2O2S. The first-order valence-corrected chi connectivity index (χ1v) is 8.42. The third-order valence-corrected chi connectivity index (χ3v) is 4.19. The minimum atomic E-state index is -0.160. The maximum absolute atomic E-state index is 12.0. The van der Waals surface area contributed by atoms with E-state index in [1.54, 1.807) is 0 Å². The molecule has 22 heavy (non-hydrogen) atoms. The van der Waals surface area contributed by atoms with Gasteiger partial charge in [0.25, 0.3) is 0 Å². The SMILES string of the molecule is CCCN(C)CCOCCN(C)c1c(C(C)(C)C)c(=O)c1=S. The number of anilines is 1. The van der Waals surface area contributed by atoms with E-state index in [-0.39, 0.29) is 10.8 Å². The first kappa shape index (κ1) is 19.3. The van der Waals surface area contributed by atoms with E-state index in [4.69, 9.17) is 17.0 Å². The summed E-state index contributed by atoms with van der Waals surface area (Å²) in [7, 11) is 4.09. The third kappa shape index (κ3) is 4.86. The summed E-state index contributed by atoms with van der Waals surface area (Å²) in [5.41, 5.74) is 1.65. The van der Waals surface area contributed by atoms with Crippen LogP contribution in [-0.4, -0.2) is 51.8 Å². The molecule has 1 aromatic carbocycles. The lowest BCUT2D eigenvalue weighted by atomic mass is 9.82. The van der Waals surface area contributed by atoms with Crippen molar-refractivity contribution in [2.45, 2.75) is 39.5 Å². The number of ether oxygens (including phenoxy) is 1. The number of rotatable bonds is 9. The predicted molar refractivity (Wildman–Crippen MR) is 96.5 cm³/mol. The fourth-order valence-electron chi connectivity index (χ4n) is 2.57. The Bertz CT molecular complexity index is 541. The molecular weight excluding hydrogens is 296 g/mol. The summed E-state index contributed by atoms with van der Waals surface area (Å²) in [6, 6.07) is 0. The molecule has 0 radical (unpaired) electrons. The lowest BCUT2D eigenvalue weighted by Crippen LogP contribution is -2.36. The highest BCUT2D eigenvalue weighted by Crippen LogP contribution is 2.32. The molecule has 1 aromatic rings. The van der Waals surface area contributed by atoms with E-state index in [1.165, 1.54) is 0 Å². The van der Waals surface area contributed by atoms with Gasteiger partial charge in [-0.3, -0.25) is 4.79 Å². The monoisotopic (exact) mass is 326 g/mol. The Hall–Kier alpha value is -0.780. The van der Waals surface area contributed by atoms with Crippen molar-refractivity contribution < 1.29 is 4.74 Å². The highest BCUT2D eigenvalue weighted by atomic mass is 32.1. The van der Waals surface area contributed by atoms with E-state index in [0.717, 1.165) is 43.9 Å². The summed E-state index contributed by atoms with van der Waals surface area (Å²) in [6.07, 6.45) is 1.16. The molecule has 1 rings (SSSR count). The van der Waals surface area contributed by atoms with Crippen LogP contribution in [0.25, 0.3) is 0 Å². The van der Waals surface area contributed by atoms with Crippen LogP contribution < -0.4 is 10.3 Å². The van der Waals surface area contributed by atoms with Crippen LogP contribution in [0.5, 0.6) is 0 Å². The van der Waals surface area contributed by atoms with Crippen molar-refractivity contribution in [3.8, 4) is 0 Å². The molecule has 0 saturated carbocycles. The Morgan fingerprint density at radius 3 is 2.23 bits per heavy atom. The van der Waals surface area contributed by atoms with E-state index in [2.05, 4.69) is 44.5 Å². The van der Waals surface area contributed by atoms with Crippen molar-refractivity contribution in [2.75, 3.05) is 51.8 Å². The lowest BCUT2D eigenvalue weighted by molar-refractivity contribution is 0.117. The van der Waals surface area contributed by atoms with Gasteiger partial charge in [0, 0.05) is 25.7 Å². The number of hydrogen-bond acceptors (Lipinski definition) is 5. The Labute approximate surface area is 139 Å². The van der Waals surface area contributed by atoms with Gasteiger partial charge in [0.1, 0.15) is 4.51 Å². The molecule has 0 aliphatic rings. The van der Waals surface area contributed by atoms with Crippen molar-refractivity contribution in [2.24, 2.45) is 0 Å². The summed E-state index contributed by atoms with van der Waals surface area (Å²) >= 11 is 5.22. The van der Waals surface area contributed by atoms with Crippen LogP contribution in [0.3, 0.4) is 0 Å². The first-order chi connectivity index (χ1) is 10.2. The summed E-state index contributed by atoms with van der Waals surface area (Å²) < 4.78 is 6.16. The van der Waals surface area contributed by atoms with E-state index in [1.807, 2.05) is 7.05 Å². The minimum Gasteiger partial charge on any atom is -0.378 e. The lowest BCUT2D eigenvalue weighted by Gasteiger charge is -2.30. The molecule has 126 valence electrons. The molecule has 0 heterocycles. The minimum absolute atomic E-state index is 0.0338. The van der Waals surface area contributed by atoms with Crippen LogP contribution in [0.2, 0.25) is 0 Å². The van der Waals surface area contributed by atoms with Crippen molar-refractivity contribution in [1.29, 1.82) is 0 Å². The second kappa shape index (κ2) is 8.18. The third-order valence-electron chi connectivity index (χ3n) is 3.81. The van der Waals surface area contributed by atoms with Crippen molar-refractivity contribution in [3.05, 3.63) is 20.3 Å². The molecule has 0 fully saturated rings. The van der Waals surface area contributed by atoms with Gasteiger partial charge >= 0.3 is 0 Å². The molecule has 0 aliphatic heterocycles. The molecule has 4 nitrogen and oxygen atoms in total. The van der Waals surface area contributed by atoms with Crippen LogP contribution >= 0.6 is 12.2 Å². The Balaban J connectivity index is 2.45. The number of hydrogen-bond donors (Lipinski definition) is 0. The zero-order chi connectivity index (χ0) is 16.9. The Kier molecular flexibility index (Phi) is 7.16. The standard InChI is InChI=1S/C17H30N2O2S/c1-7-8-18(5)9-11-21-12-10-19(6)14-13(17(2,3)4)15(20)16(14)22/h7-12H2,1-6H3. The van der Waals surface area contributed by atoms with Gasteiger partial charge < -0.3 is 14.5 Å². The van der Waals surface area contributed by atoms with E-state index < -0.39 is 0 Å². The molecule has 0 aromatic heterocycles. The Morgan fingerprint density at radius 1 is 1.09 bits per heavy atom. The number of nitrogens with zero attached hydrogens (tertiary/aromatic N) is 2. The topological polar surface area (TPSA) is 32.8 Å². The van der Waals surface area contributed by atoms with Gasteiger partial charge in [-0.2, -0.15) is 0 Å². The van der Waals surface area contributed by atoms with Crippen LogP contribution in [0.4, 0.5) is 5.69 Å². The van der Waals surface area contributed by atoms with E-state index >= 15 is 0 Å². The average Bonchev–Trinajstić information content (AvgIpc) is 2.41. The quantitative estimate of drug-likeness (QED) is 0.515. The Morgan fingerprint density at radius 2 is 1.68 bits per heavy atom. The van der Waals surface area contributed by atoms with Crippen LogP contribution in [0.1, 0.15) is 39.7 Å². The summed E-state index contributed by atoms with van der Waals surface area (Å²) in [5, 5.41) is 0. The summed E-state index contributed by atoms with van der Waals surface area (Å²) in [5.74, 6) is 0. The van der Waals surface area contributed by atoms with Crippen LogP contribution in [0.15, 0.2) is 4.79 Å². The van der Waals surface area contributed by atoms with Crippen molar-refractivity contribution in [3.63, 3.8) is 0 Å².